The fourth-order valence-electron chi connectivity index (χ4n) is 2.00. The highest BCUT2D eigenvalue weighted by Gasteiger charge is 2.19. The van der Waals surface area contributed by atoms with Gasteiger partial charge in [-0.25, -0.2) is 4.39 Å². The maximum absolute atomic E-state index is 12.9. The number of esters is 1. The first-order valence-electron chi connectivity index (χ1n) is 6.72. The zero-order valence-electron chi connectivity index (χ0n) is 12.0. The molecule has 0 aliphatic rings. The van der Waals surface area contributed by atoms with Crippen molar-refractivity contribution in [2.75, 3.05) is 7.11 Å². The summed E-state index contributed by atoms with van der Waals surface area (Å²) in [5.74, 6) is -0.958. The van der Waals surface area contributed by atoms with Gasteiger partial charge in [-0.15, -0.1) is 11.3 Å². The predicted molar refractivity (Wildman–Crippen MR) is 81.9 cm³/mol. The molecule has 1 atom stereocenters. The number of benzene rings is 1. The molecule has 0 spiro atoms. The predicted octanol–water partition coefficient (Wildman–Crippen LogP) is 2.85. The van der Waals surface area contributed by atoms with Gasteiger partial charge in [0, 0.05) is 4.88 Å². The number of carbonyl (C=O) groups is 2. The lowest BCUT2D eigenvalue weighted by molar-refractivity contribution is -0.141. The number of hydrogen-bond donors (Lipinski definition) is 1. The van der Waals surface area contributed by atoms with E-state index in [1.165, 1.54) is 30.6 Å². The van der Waals surface area contributed by atoms with E-state index in [1.54, 1.807) is 12.1 Å². The molecule has 1 unspecified atom stereocenters. The summed E-state index contributed by atoms with van der Waals surface area (Å²) in [6, 6.07) is 9.06. The van der Waals surface area contributed by atoms with Crippen LogP contribution in [0.5, 0.6) is 0 Å². The van der Waals surface area contributed by atoms with E-state index in [2.05, 4.69) is 10.1 Å². The molecule has 0 saturated heterocycles. The van der Waals surface area contributed by atoms with Crippen molar-refractivity contribution in [1.82, 2.24) is 5.32 Å². The molecule has 116 valence electrons. The van der Waals surface area contributed by atoms with Crippen LogP contribution in [0.15, 0.2) is 41.8 Å². The van der Waals surface area contributed by atoms with Crippen LogP contribution in [0.3, 0.4) is 0 Å². The van der Waals surface area contributed by atoms with E-state index in [9.17, 15) is 14.0 Å². The normalized spacial score (nSPS) is 11.7. The minimum atomic E-state index is -0.416. The zero-order chi connectivity index (χ0) is 15.9. The second-order valence-electron chi connectivity index (χ2n) is 4.72. The van der Waals surface area contributed by atoms with Crippen molar-refractivity contribution in [2.45, 2.75) is 18.9 Å². The smallest absolute Gasteiger partial charge is 0.307 e. The van der Waals surface area contributed by atoms with Gasteiger partial charge in [0.2, 0.25) is 5.91 Å². The van der Waals surface area contributed by atoms with Crippen LogP contribution in [-0.2, 0) is 20.7 Å². The van der Waals surface area contributed by atoms with Crippen LogP contribution in [0.2, 0.25) is 0 Å². The number of ether oxygens (including phenoxy) is 1. The van der Waals surface area contributed by atoms with E-state index >= 15 is 0 Å². The van der Waals surface area contributed by atoms with Crippen molar-refractivity contribution < 1.29 is 18.7 Å². The van der Waals surface area contributed by atoms with Crippen molar-refractivity contribution >= 4 is 23.2 Å². The molecule has 4 nitrogen and oxygen atoms in total. The lowest BCUT2D eigenvalue weighted by Gasteiger charge is -2.16. The molecule has 0 bridgehead atoms. The molecule has 1 heterocycles. The molecule has 1 N–H and O–H groups in total. The summed E-state index contributed by atoms with van der Waals surface area (Å²) >= 11 is 1.46. The first-order valence-corrected chi connectivity index (χ1v) is 7.60. The average molecular weight is 321 g/mol. The van der Waals surface area contributed by atoms with Crippen molar-refractivity contribution in [3.63, 3.8) is 0 Å². The first-order chi connectivity index (χ1) is 10.6. The number of carbonyl (C=O) groups excluding carboxylic acids is 2. The SMILES string of the molecule is COC(=O)CC(NC(=O)Cc1ccc(F)cc1)c1cccs1. The lowest BCUT2D eigenvalue weighted by atomic mass is 10.1. The van der Waals surface area contributed by atoms with Crippen LogP contribution in [-0.4, -0.2) is 19.0 Å². The minimum absolute atomic E-state index is 0.0756. The monoisotopic (exact) mass is 321 g/mol. The first kappa shape index (κ1) is 16.2. The van der Waals surface area contributed by atoms with E-state index in [4.69, 9.17) is 0 Å². The number of rotatable bonds is 6. The second-order valence-corrected chi connectivity index (χ2v) is 5.70. The maximum Gasteiger partial charge on any atom is 0.307 e. The summed E-state index contributed by atoms with van der Waals surface area (Å²) in [5, 5.41) is 4.71. The van der Waals surface area contributed by atoms with Crippen molar-refractivity contribution in [3.8, 4) is 0 Å². The van der Waals surface area contributed by atoms with E-state index in [0.717, 1.165) is 4.88 Å². The van der Waals surface area contributed by atoms with Crippen molar-refractivity contribution in [1.29, 1.82) is 0 Å². The van der Waals surface area contributed by atoms with Gasteiger partial charge in [0.1, 0.15) is 5.82 Å². The molecule has 6 heteroatoms. The molecular weight excluding hydrogens is 305 g/mol. The Hall–Kier alpha value is -2.21. The van der Waals surface area contributed by atoms with Gasteiger partial charge in [-0.3, -0.25) is 9.59 Å². The van der Waals surface area contributed by atoms with E-state index in [1.807, 2.05) is 17.5 Å². The zero-order valence-corrected chi connectivity index (χ0v) is 12.9. The standard InChI is InChI=1S/C16H16FNO3S/c1-21-16(20)10-13(14-3-2-8-22-14)18-15(19)9-11-4-6-12(17)7-5-11/h2-8,13H,9-10H2,1H3,(H,18,19). The lowest BCUT2D eigenvalue weighted by Crippen LogP contribution is -2.31. The number of halogens is 1. The summed E-state index contributed by atoms with van der Waals surface area (Å²) in [6.07, 6.45) is 0.204. The Morgan fingerprint density at radius 3 is 2.59 bits per heavy atom. The Labute approximate surface area is 131 Å². The Morgan fingerprint density at radius 1 is 1.27 bits per heavy atom. The van der Waals surface area contributed by atoms with Gasteiger partial charge in [0.15, 0.2) is 0 Å². The third kappa shape index (κ3) is 4.66. The Morgan fingerprint density at radius 2 is 2.00 bits per heavy atom. The number of methoxy groups -OCH3 is 1. The van der Waals surface area contributed by atoms with Gasteiger partial charge in [0.25, 0.3) is 0 Å². The Bertz CT molecular complexity index is 625. The highest BCUT2D eigenvalue weighted by atomic mass is 32.1. The summed E-state index contributed by atoms with van der Waals surface area (Å²) < 4.78 is 17.5. The molecule has 1 amide bonds. The van der Waals surface area contributed by atoms with E-state index < -0.39 is 6.04 Å². The summed E-state index contributed by atoms with van der Waals surface area (Å²) in [5.41, 5.74) is 0.710. The van der Waals surface area contributed by atoms with Crippen LogP contribution >= 0.6 is 11.3 Å². The average Bonchev–Trinajstić information content (AvgIpc) is 3.03. The van der Waals surface area contributed by atoms with Crippen LogP contribution in [0, 0.1) is 5.82 Å². The molecule has 0 aliphatic carbocycles. The quantitative estimate of drug-likeness (QED) is 0.832. The molecule has 0 fully saturated rings. The van der Waals surface area contributed by atoms with Crippen LogP contribution in [0.1, 0.15) is 22.9 Å². The highest BCUT2D eigenvalue weighted by molar-refractivity contribution is 7.10. The summed E-state index contributed by atoms with van der Waals surface area (Å²) in [4.78, 5) is 24.5. The van der Waals surface area contributed by atoms with Gasteiger partial charge in [-0.1, -0.05) is 18.2 Å². The largest absolute Gasteiger partial charge is 0.469 e. The molecule has 1 aromatic heterocycles. The molecule has 1 aromatic carbocycles. The molecular formula is C16H16FNO3S. The molecule has 22 heavy (non-hydrogen) atoms. The molecule has 0 saturated carbocycles. The number of nitrogens with one attached hydrogen (secondary N) is 1. The molecule has 0 aliphatic heterocycles. The van der Waals surface area contributed by atoms with E-state index in [0.29, 0.717) is 5.56 Å². The summed E-state index contributed by atoms with van der Waals surface area (Å²) in [6.45, 7) is 0. The minimum Gasteiger partial charge on any atom is -0.469 e. The molecule has 0 radical (unpaired) electrons. The Kier molecular flexibility index (Phi) is 5.66. The van der Waals surface area contributed by atoms with Gasteiger partial charge >= 0.3 is 5.97 Å². The van der Waals surface area contributed by atoms with Crippen molar-refractivity contribution in [3.05, 3.63) is 58.0 Å². The molecule has 2 aromatic rings. The van der Waals surface area contributed by atoms with E-state index in [-0.39, 0.29) is 30.5 Å². The number of thiophene rings is 1. The third-order valence-corrected chi connectivity index (χ3v) is 4.08. The second kappa shape index (κ2) is 7.70. The topological polar surface area (TPSA) is 55.4 Å². The molecule has 2 rings (SSSR count). The van der Waals surface area contributed by atoms with Gasteiger partial charge in [-0.05, 0) is 29.1 Å². The van der Waals surface area contributed by atoms with Crippen molar-refractivity contribution in [2.24, 2.45) is 0 Å². The summed E-state index contributed by atoms with van der Waals surface area (Å²) in [7, 11) is 1.31. The maximum atomic E-state index is 12.9. The van der Waals surface area contributed by atoms with Crippen LogP contribution < -0.4 is 5.32 Å². The fourth-order valence-corrected chi connectivity index (χ4v) is 2.77. The third-order valence-electron chi connectivity index (χ3n) is 3.10. The van der Waals surface area contributed by atoms with Crippen LogP contribution in [0.4, 0.5) is 4.39 Å². The van der Waals surface area contributed by atoms with Crippen LogP contribution in [0.25, 0.3) is 0 Å². The van der Waals surface area contributed by atoms with Gasteiger partial charge in [-0.2, -0.15) is 0 Å². The number of hydrogen-bond acceptors (Lipinski definition) is 4. The highest BCUT2D eigenvalue weighted by Crippen LogP contribution is 2.22. The fraction of sp³-hybridized carbons (Fsp3) is 0.250. The number of amides is 1. The van der Waals surface area contributed by atoms with Gasteiger partial charge in [0.05, 0.1) is 26.0 Å². The van der Waals surface area contributed by atoms with Gasteiger partial charge < -0.3 is 10.1 Å². The Balaban J connectivity index is 2.01.